The maximum absolute atomic E-state index is 11.4. The highest BCUT2D eigenvalue weighted by atomic mass is 127. The van der Waals surface area contributed by atoms with Gasteiger partial charge in [0.1, 0.15) is 0 Å². The molecule has 4 nitrogen and oxygen atoms in total. The normalized spacial score (nSPS) is 10.8. The molecule has 0 aliphatic heterocycles. The van der Waals surface area contributed by atoms with Crippen LogP contribution in [0.4, 0.5) is 5.69 Å². The van der Waals surface area contributed by atoms with E-state index in [4.69, 9.17) is 5.41 Å². The van der Waals surface area contributed by atoms with Crippen molar-refractivity contribution in [2.75, 3.05) is 5.09 Å². The van der Waals surface area contributed by atoms with Crippen LogP contribution >= 0.6 is 28.4 Å². The molecule has 3 N–H and O–H groups in total. The number of benzene rings is 1. The number of halogens is 1. The Morgan fingerprint density at radius 2 is 2.21 bits per heavy atom. The molecule has 0 bridgehead atoms. The third-order valence-electron chi connectivity index (χ3n) is 2.82. The van der Waals surface area contributed by atoms with Gasteiger partial charge in [0.05, 0.1) is 0 Å². The average molecular weight is 385 g/mol. The van der Waals surface area contributed by atoms with E-state index in [-0.39, 0.29) is 5.56 Å². The van der Waals surface area contributed by atoms with E-state index in [2.05, 4.69) is 32.1 Å². The second kappa shape index (κ2) is 6.30. The van der Waals surface area contributed by atoms with E-state index in [1.54, 1.807) is 12.3 Å². The van der Waals surface area contributed by atoms with Crippen LogP contribution in [0.15, 0.2) is 35.3 Å². The van der Waals surface area contributed by atoms with Gasteiger partial charge in [-0.25, -0.2) is 0 Å². The molecule has 1 heterocycles. The van der Waals surface area contributed by atoms with Gasteiger partial charge in [-0.3, -0.25) is 4.79 Å². The van der Waals surface area contributed by atoms with Crippen molar-refractivity contribution in [3.05, 3.63) is 51.9 Å². The molecule has 2 rings (SSSR count). The lowest BCUT2D eigenvalue weighted by atomic mass is 9.98. The van der Waals surface area contributed by atoms with Crippen LogP contribution in [-0.4, -0.2) is 11.2 Å². The van der Waals surface area contributed by atoms with E-state index in [1.807, 2.05) is 25.1 Å². The van der Waals surface area contributed by atoms with Crippen LogP contribution in [0, 0.1) is 12.3 Å². The highest BCUT2D eigenvalue weighted by Crippen LogP contribution is 2.32. The minimum Gasteiger partial charge on any atom is -0.358 e. The van der Waals surface area contributed by atoms with E-state index in [1.165, 1.54) is 6.21 Å². The zero-order valence-electron chi connectivity index (χ0n) is 10.3. The van der Waals surface area contributed by atoms with E-state index < -0.39 is 0 Å². The van der Waals surface area contributed by atoms with Crippen molar-refractivity contribution in [3.8, 4) is 11.1 Å². The molecule has 1 aromatic carbocycles. The van der Waals surface area contributed by atoms with E-state index in [9.17, 15) is 4.79 Å². The summed E-state index contributed by atoms with van der Waals surface area (Å²) >= 11 is 2.25. The monoisotopic (exact) mass is 385 g/mol. The summed E-state index contributed by atoms with van der Waals surface area (Å²) in [6.07, 6.45) is 3.52. The van der Waals surface area contributed by atoms with Gasteiger partial charge < -0.3 is 15.5 Å². The molecule has 0 fully saturated rings. The second-order valence-electron chi connectivity index (χ2n) is 4.06. The van der Waals surface area contributed by atoms with Crippen molar-refractivity contribution in [2.24, 2.45) is 0 Å². The van der Waals surface area contributed by atoms with Gasteiger partial charge in [-0.15, -0.1) is 0 Å². The average Bonchev–Trinajstić information content (AvgIpc) is 2.40. The summed E-state index contributed by atoms with van der Waals surface area (Å²) in [5.41, 5.74) is 4.61. The first-order valence-electron chi connectivity index (χ1n) is 5.61. The van der Waals surface area contributed by atoms with Crippen LogP contribution < -0.4 is 10.6 Å². The van der Waals surface area contributed by atoms with Crippen molar-refractivity contribution in [1.82, 2.24) is 4.98 Å². The van der Waals surface area contributed by atoms with Gasteiger partial charge >= 0.3 is 0 Å². The molecule has 98 valence electrons. The Balaban J connectivity index is 2.60. The van der Waals surface area contributed by atoms with Gasteiger partial charge in [0.15, 0.2) is 0 Å². The summed E-state index contributed by atoms with van der Waals surface area (Å²) in [7, 11) is 0. The van der Waals surface area contributed by atoms with E-state index in [0.29, 0.717) is 6.37 Å². The van der Waals surface area contributed by atoms with Gasteiger partial charge in [0, 0.05) is 36.1 Å². The third-order valence-corrected chi connectivity index (χ3v) is 3.99. The van der Waals surface area contributed by atoms with Crippen molar-refractivity contribution < 1.29 is 0 Å². The molecule has 0 saturated carbocycles. The molecule has 19 heavy (non-hydrogen) atoms. The summed E-state index contributed by atoms with van der Waals surface area (Å²) in [4.78, 5) is 14.0. The summed E-state index contributed by atoms with van der Waals surface area (Å²) in [5, 5.41) is 10.7. The Bertz CT molecular complexity index is 669. The van der Waals surface area contributed by atoms with Gasteiger partial charge in [0.2, 0.25) is 5.56 Å². The number of rotatable bonds is 4. The lowest BCUT2D eigenvalue weighted by Gasteiger charge is -2.12. The molecule has 0 radical (unpaired) electrons. The minimum absolute atomic E-state index is 0.113. The third kappa shape index (κ3) is 3.22. The number of hydrogen-bond acceptors (Lipinski definition) is 3. The molecule has 0 aliphatic rings. The molecule has 1 atom stereocenters. The zero-order valence-corrected chi connectivity index (χ0v) is 13.4. The zero-order chi connectivity index (χ0) is 13.8. The number of hydrogen-bond donors (Lipinski definition) is 3. The molecule has 0 saturated heterocycles. The second-order valence-corrected chi connectivity index (χ2v) is 6.12. The number of pyridine rings is 1. The summed E-state index contributed by atoms with van der Waals surface area (Å²) < 4.78 is 0. The summed E-state index contributed by atoms with van der Waals surface area (Å²) in [5.74, 6) is 0. The smallest absolute Gasteiger partial charge is 0.248 e. The highest BCUT2D eigenvalue weighted by molar-refractivity contribution is 14.2. The molecule has 0 spiro atoms. The lowest BCUT2D eigenvalue weighted by molar-refractivity contribution is 1.24. The number of nitrogens with one attached hydrogen (secondary N) is 3. The number of aromatic nitrogens is 1. The predicted octanol–water partition coefficient (Wildman–Crippen LogP) is 3.70. The topological polar surface area (TPSA) is 68.7 Å². The molecular formula is C13H13IN3OP. The van der Waals surface area contributed by atoms with Gasteiger partial charge in [0.25, 0.3) is 0 Å². The molecular weight excluding hydrogens is 372 g/mol. The molecule has 0 amide bonds. The Hall–Kier alpha value is -1.20. The Labute approximate surface area is 125 Å². The standard InChI is InChI=1S/C13H13IN3OP/c1-8-4-10(7-15)12(17-19-14)6-11(8)9-2-3-16-13(18)5-9/h2-7,15,17,19H,1H3,(H,16,18). The number of aromatic amines is 1. The molecule has 1 aromatic heterocycles. The predicted molar refractivity (Wildman–Crippen MR) is 91.1 cm³/mol. The molecule has 0 aliphatic carbocycles. The van der Waals surface area contributed by atoms with Crippen LogP contribution in [0.25, 0.3) is 11.1 Å². The number of anilines is 1. The van der Waals surface area contributed by atoms with Crippen LogP contribution in [0.3, 0.4) is 0 Å². The first kappa shape index (κ1) is 14.2. The fourth-order valence-corrected chi connectivity index (χ4v) is 3.12. The first-order valence-corrected chi connectivity index (χ1v) is 9.73. The van der Waals surface area contributed by atoms with Gasteiger partial charge in [-0.05, 0) is 63.9 Å². The fourth-order valence-electron chi connectivity index (χ4n) is 1.93. The van der Waals surface area contributed by atoms with Crippen LogP contribution in [-0.2, 0) is 0 Å². The Morgan fingerprint density at radius 1 is 1.42 bits per heavy atom. The van der Waals surface area contributed by atoms with Crippen LogP contribution in [0.2, 0.25) is 0 Å². The maximum atomic E-state index is 11.4. The fraction of sp³-hybridized carbons (Fsp3) is 0.0769. The minimum atomic E-state index is -0.113. The highest BCUT2D eigenvalue weighted by Gasteiger charge is 2.08. The number of aryl methyl sites for hydroxylation is 1. The SMILES string of the molecule is Cc1cc(C=N)c(NPI)cc1-c1cc[nH]c(=O)c1. The Kier molecular flexibility index (Phi) is 4.71. The molecule has 6 heteroatoms. The largest absolute Gasteiger partial charge is 0.358 e. The van der Waals surface area contributed by atoms with E-state index in [0.717, 1.165) is 27.9 Å². The van der Waals surface area contributed by atoms with Crippen molar-refractivity contribution in [1.29, 1.82) is 5.41 Å². The van der Waals surface area contributed by atoms with Crippen molar-refractivity contribution in [2.45, 2.75) is 6.92 Å². The van der Waals surface area contributed by atoms with Crippen LogP contribution in [0.1, 0.15) is 11.1 Å². The van der Waals surface area contributed by atoms with Gasteiger partial charge in [-0.2, -0.15) is 0 Å². The van der Waals surface area contributed by atoms with Crippen LogP contribution in [0.5, 0.6) is 0 Å². The van der Waals surface area contributed by atoms with Gasteiger partial charge in [-0.1, -0.05) is 0 Å². The quantitative estimate of drug-likeness (QED) is 0.427. The molecule has 1 unspecified atom stereocenters. The van der Waals surface area contributed by atoms with E-state index >= 15 is 0 Å². The van der Waals surface area contributed by atoms with Crippen molar-refractivity contribution >= 4 is 40.3 Å². The Morgan fingerprint density at radius 3 is 2.84 bits per heavy atom. The summed E-state index contributed by atoms with van der Waals surface area (Å²) in [6, 6.07) is 7.42. The summed E-state index contributed by atoms with van der Waals surface area (Å²) in [6.45, 7) is 1.99. The lowest BCUT2D eigenvalue weighted by Crippen LogP contribution is -2.03. The maximum Gasteiger partial charge on any atom is 0.248 e. The number of H-pyrrole nitrogens is 1. The van der Waals surface area contributed by atoms with Crippen molar-refractivity contribution in [3.63, 3.8) is 0 Å². The first-order chi connectivity index (χ1) is 9.15. The molecule has 2 aromatic rings.